The first-order valence-corrected chi connectivity index (χ1v) is 10.7. The SMILES string of the molecule is CN(C[C@@](CC(O)CO)(CN(C(=O)O)C(C)(C)C)c1ccc(Cl)c(Cl)c1)C(=O)CC(F)(F)F. The summed E-state index contributed by atoms with van der Waals surface area (Å²) in [6, 6.07) is 4.35. The van der Waals surface area contributed by atoms with Crippen molar-refractivity contribution in [2.75, 3.05) is 26.7 Å². The number of likely N-dealkylation sites (N-methyl/N-ethyl adjacent to an activating group) is 1. The molecule has 0 aliphatic heterocycles. The Balaban J connectivity index is 3.67. The van der Waals surface area contributed by atoms with Gasteiger partial charge in [0.15, 0.2) is 0 Å². The molecule has 2 amide bonds. The number of carbonyl (C=O) groups is 2. The van der Waals surface area contributed by atoms with E-state index in [1.54, 1.807) is 20.8 Å². The largest absolute Gasteiger partial charge is 0.465 e. The molecule has 0 aromatic heterocycles. The Bertz CT molecular complexity index is 848. The van der Waals surface area contributed by atoms with Crippen molar-refractivity contribution in [2.24, 2.45) is 0 Å². The topological polar surface area (TPSA) is 101 Å². The van der Waals surface area contributed by atoms with Crippen molar-refractivity contribution >= 4 is 35.2 Å². The smallest absolute Gasteiger partial charge is 0.407 e. The van der Waals surface area contributed by atoms with Gasteiger partial charge in [-0.15, -0.1) is 0 Å². The van der Waals surface area contributed by atoms with E-state index < -0.39 is 54.8 Å². The summed E-state index contributed by atoms with van der Waals surface area (Å²) in [5.41, 5.74) is -2.03. The van der Waals surface area contributed by atoms with E-state index in [-0.39, 0.29) is 23.0 Å². The number of alkyl halides is 3. The summed E-state index contributed by atoms with van der Waals surface area (Å²) in [5.74, 6) is -1.23. The number of amides is 2. The highest BCUT2D eigenvalue weighted by molar-refractivity contribution is 6.42. The van der Waals surface area contributed by atoms with Gasteiger partial charge in [-0.25, -0.2) is 4.79 Å². The van der Waals surface area contributed by atoms with Crippen LogP contribution in [0.2, 0.25) is 10.0 Å². The zero-order valence-electron chi connectivity index (χ0n) is 18.8. The van der Waals surface area contributed by atoms with Gasteiger partial charge < -0.3 is 25.1 Å². The van der Waals surface area contributed by atoms with Crippen LogP contribution in [0.25, 0.3) is 0 Å². The monoisotopic (exact) mass is 516 g/mol. The van der Waals surface area contributed by atoms with Gasteiger partial charge in [0.05, 0.1) is 22.8 Å². The Kier molecular flexibility index (Phi) is 9.86. The lowest BCUT2D eigenvalue weighted by atomic mass is 9.74. The first kappa shape index (κ1) is 29.3. The molecule has 1 aromatic carbocycles. The Hall–Kier alpha value is -1.75. The van der Waals surface area contributed by atoms with Gasteiger partial charge in [-0.1, -0.05) is 29.3 Å². The highest BCUT2D eigenvalue weighted by Gasteiger charge is 2.43. The average molecular weight is 517 g/mol. The lowest BCUT2D eigenvalue weighted by Crippen LogP contribution is -2.56. The normalized spacial score (nSPS) is 15.0. The summed E-state index contributed by atoms with van der Waals surface area (Å²) >= 11 is 12.2. The van der Waals surface area contributed by atoms with Gasteiger partial charge in [-0.2, -0.15) is 13.2 Å². The van der Waals surface area contributed by atoms with E-state index in [0.29, 0.717) is 5.56 Å². The summed E-state index contributed by atoms with van der Waals surface area (Å²) in [5, 5.41) is 29.9. The molecular weight excluding hydrogens is 488 g/mol. The minimum absolute atomic E-state index is 0.0962. The molecular formula is C21H29Cl2F3N2O5. The Morgan fingerprint density at radius 1 is 1.09 bits per heavy atom. The van der Waals surface area contributed by atoms with Crippen LogP contribution in [0.3, 0.4) is 0 Å². The van der Waals surface area contributed by atoms with E-state index in [2.05, 4.69) is 0 Å². The molecule has 1 rings (SSSR count). The van der Waals surface area contributed by atoms with Crippen LogP contribution < -0.4 is 0 Å². The molecule has 7 nitrogen and oxygen atoms in total. The number of benzene rings is 1. The van der Waals surface area contributed by atoms with Crippen LogP contribution in [0.5, 0.6) is 0 Å². The number of nitrogens with zero attached hydrogens (tertiary/aromatic N) is 2. The van der Waals surface area contributed by atoms with Gasteiger partial charge in [0.2, 0.25) is 5.91 Å². The van der Waals surface area contributed by atoms with Crippen LogP contribution in [0, 0.1) is 0 Å². The minimum atomic E-state index is -4.74. The van der Waals surface area contributed by atoms with Crippen LogP contribution in [0.1, 0.15) is 39.2 Å². The third-order valence-corrected chi connectivity index (χ3v) is 5.93. The molecule has 0 saturated carbocycles. The van der Waals surface area contributed by atoms with E-state index in [9.17, 15) is 38.1 Å². The molecule has 3 N–H and O–H groups in total. The van der Waals surface area contributed by atoms with Gasteiger partial charge in [-0.05, 0) is 44.9 Å². The van der Waals surface area contributed by atoms with Crippen LogP contribution in [-0.4, -0.2) is 81.7 Å². The van der Waals surface area contributed by atoms with Gasteiger partial charge >= 0.3 is 12.3 Å². The van der Waals surface area contributed by atoms with Crippen molar-refractivity contribution in [3.05, 3.63) is 33.8 Å². The molecule has 0 aliphatic rings. The minimum Gasteiger partial charge on any atom is -0.465 e. The second-order valence-electron chi connectivity index (χ2n) is 9.03. The van der Waals surface area contributed by atoms with E-state index >= 15 is 0 Å². The Morgan fingerprint density at radius 2 is 1.67 bits per heavy atom. The molecule has 0 saturated heterocycles. The van der Waals surface area contributed by atoms with Gasteiger partial charge in [-0.3, -0.25) is 4.79 Å². The van der Waals surface area contributed by atoms with E-state index in [4.69, 9.17) is 23.2 Å². The van der Waals surface area contributed by atoms with Crippen LogP contribution in [0.4, 0.5) is 18.0 Å². The summed E-state index contributed by atoms with van der Waals surface area (Å²) in [4.78, 5) is 26.2. The molecule has 0 heterocycles. The van der Waals surface area contributed by atoms with Gasteiger partial charge in [0.25, 0.3) is 0 Å². The molecule has 1 aromatic rings. The second kappa shape index (κ2) is 11.1. The highest BCUT2D eigenvalue weighted by atomic mass is 35.5. The van der Waals surface area contributed by atoms with Crippen LogP contribution in [0.15, 0.2) is 18.2 Å². The summed E-state index contributed by atoms with van der Waals surface area (Å²) in [6.07, 6.45) is -9.38. The van der Waals surface area contributed by atoms with Gasteiger partial charge in [0, 0.05) is 31.1 Å². The second-order valence-corrected chi connectivity index (χ2v) is 9.85. The summed E-state index contributed by atoms with van der Waals surface area (Å²) < 4.78 is 38.5. The van der Waals surface area contributed by atoms with Gasteiger partial charge in [0.1, 0.15) is 6.42 Å². The fourth-order valence-electron chi connectivity index (χ4n) is 3.56. The average Bonchev–Trinajstić information content (AvgIpc) is 2.65. The number of hydrogen-bond acceptors (Lipinski definition) is 4. The molecule has 33 heavy (non-hydrogen) atoms. The van der Waals surface area contributed by atoms with E-state index in [1.165, 1.54) is 18.2 Å². The maximum Gasteiger partial charge on any atom is 0.407 e. The number of aliphatic hydroxyl groups is 2. The standard InChI is InChI=1S/C21H29Cl2F3N2O5/c1-19(2,3)28(18(32)33)12-20(8-14(30)10-29,13-5-6-15(22)16(23)7-13)11-27(4)17(31)9-21(24,25)26/h5-7,14,29-30H,8-12H2,1-4H3,(H,32,33)/t14?,20-/m0/s1. The highest BCUT2D eigenvalue weighted by Crippen LogP contribution is 2.37. The molecule has 12 heteroatoms. The lowest BCUT2D eigenvalue weighted by molar-refractivity contribution is -0.161. The fraction of sp³-hybridized carbons (Fsp3) is 0.619. The lowest BCUT2D eigenvalue weighted by Gasteiger charge is -2.45. The van der Waals surface area contributed by atoms with Crippen LogP contribution in [-0.2, 0) is 10.2 Å². The number of halogens is 5. The van der Waals surface area contributed by atoms with Crippen molar-refractivity contribution in [2.45, 2.75) is 56.8 Å². The molecule has 0 radical (unpaired) electrons. The summed E-state index contributed by atoms with van der Waals surface area (Å²) in [6.45, 7) is 3.48. The molecule has 1 unspecified atom stereocenters. The first-order valence-electron chi connectivity index (χ1n) is 9.97. The Labute approximate surface area is 200 Å². The van der Waals surface area contributed by atoms with E-state index in [0.717, 1.165) is 16.8 Å². The first-order chi connectivity index (χ1) is 14.9. The van der Waals surface area contributed by atoms with Crippen molar-refractivity contribution in [1.82, 2.24) is 9.80 Å². The van der Waals surface area contributed by atoms with Crippen molar-refractivity contribution in [3.8, 4) is 0 Å². The zero-order valence-corrected chi connectivity index (χ0v) is 20.3. The third-order valence-electron chi connectivity index (χ3n) is 5.19. The molecule has 0 fully saturated rings. The van der Waals surface area contributed by atoms with E-state index in [1.807, 2.05) is 0 Å². The van der Waals surface area contributed by atoms with Crippen molar-refractivity contribution in [3.63, 3.8) is 0 Å². The maximum atomic E-state index is 12.8. The number of rotatable bonds is 9. The third kappa shape index (κ3) is 8.51. The molecule has 0 aliphatic carbocycles. The quantitative estimate of drug-likeness (QED) is 0.457. The fourth-order valence-corrected chi connectivity index (χ4v) is 3.86. The predicted molar refractivity (Wildman–Crippen MR) is 119 cm³/mol. The number of carbonyl (C=O) groups excluding carboxylic acids is 1. The maximum absolute atomic E-state index is 12.8. The van der Waals surface area contributed by atoms with Crippen LogP contribution >= 0.6 is 23.2 Å². The van der Waals surface area contributed by atoms with Crippen molar-refractivity contribution < 1.29 is 38.1 Å². The van der Waals surface area contributed by atoms with Crippen molar-refractivity contribution in [1.29, 1.82) is 0 Å². The number of carboxylic acid groups (broad SMARTS) is 1. The molecule has 0 bridgehead atoms. The predicted octanol–water partition coefficient (Wildman–Crippen LogP) is 4.16. The summed E-state index contributed by atoms with van der Waals surface area (Å²) in [7, 11) is 1.16. The Morgan fingerprint density at radius 3 is 2.09 bits per heavy atom. The molecule has 2 atom stereocenters. The molecule has 188 valence electrons. The number of aliphatic hydroxyl groups excluding tert-OH is 2. The molecule has 0 spiro atoms. The number of hydrogen-bond donors (Lipinski definition) is 3. The zero-order chi connectivity index (χ0) is 25.8.